The average molecular weight is 243 g/mol. The minimum Gasteiger partial charge on any atom is -0.316 e. The molecule has 2 rings (SSSR count). The summed E-state index contributed by atoms with van der Waals surface area (Å²) in [6.07, 6.45) is 0. The van der Waals surface area contributed by atoms with Gasteiger partial charge < -0.3 is 5.32 Å². The molecule has 1 aromatic heterocycles. The van der Waals surface area contributed by atoms with Crippen molar-refractivity contribution in [3.63, 3.8) is 0 Å². The molecule has 3 heteroatoms. The molecule has 1 heterocycles. The molecule has 18 heavy (non-hydrogen) atoms. The van der Waals surface area contributed by atoms with Crippen LogP contribution < -0.4 is 5.32 Å². The molecule has 0 bridgehead atoms. The first kappa shape index (κ1) is 12.8. The Bertz CT molecular complexity index is 523. The minimum atomic E-state index is 0.909. The van der Waals surface area contributed by atoms with Crippen molar-refractivity contribution in [1.29, 1.82) is 0 Å². The number of benzene rings is 1. The number of aromatic nitrogens is 2. The van der Waals surface area contributed by atoms with Gasteiger partial charge in [-0.25, -0.2) is 0 Å². The van der Waals surface area contributed by atoms with Gasteiger partial charge in [-0.2, -0.15) is 5.10 Å². The number of nitrogens with zero attached hydrogens (tertiary/aromatic N) is 2. The normalized spacial score (nSPS) is 10.9. The lowest BCUT2D eigenvalue weighted by molar-refractivity contribution is 0.634. The van der Waals surface area contributed by atoms with Gasteiger partial charge in [-0.05, 0) is 38.9 Å². The zero-order valence-electron chi connectivity index (χ0n) is 11.6. The van der Waals surface area contributed by atoms with Crippen molar-refractivity contribution >= 4 is 0 Å². The van der Waals surface area contributed by atoms with Crippen molar-refractivity contribution in [1.82, 2.24) is 15.1 Å². The molecule has 3 nitrogen and oxygen atoms in total. The fourth-order valence-electron chi connectivity index (χ4n) is 2.42. The molecule has 0 aliphatic rings. The molecule has 0 radical (unpaired) electrons. The average Bonchev–Trinajstić information content (AvgIpc) is 2.66. The summed E-state index contributed by atoms with van der Waals surface area (Å²) in [7, 11) is 1.97. The van der Waals surface area contributed by atoms with Crippen LogP contribution in [0.25, 0.3) is 11.1 Å². The molecular weight excluding hydrogens is 222 g/mol. The molecule has 2 aromatic rings. The zero-order chi connectivity index (χ0) is 13.1. The summed E-state index contributed by atoms with van der Waals surface area (Å²) < 4.78 is 2.06. The largest absolute Gasteiger partial charge is 0.316 e. The fourth-order valence-corrected chi connectivity index (χ4v) is 2.42. The Morgan fingerprint density at radius 3 is 2.33 bits per heavy atom. The monoisotopic (exact) mass is 243 g/mol. The Morgan fingerprint density at radius 2 is 1.83 bits per heavy atom. The SMILES string of the molecule is CCn1nc(C)c(-c2ccc(CNC)cc2)c1C. The van der Waals surface area contributed by atoms with Gasteiger partial charge in [-0.15, -0.1) is 0 Å². The predicted molar refractivity (Wildman–Crippen MR) is 75.6 cm³/mol. The molecule has 1 N–H and O–H groups in total. The maximum absolute atomic E-state index is 4.57. The molecule has 0 unspecified atom stereocenters. The second-order valence-corrected chi connectivity index (χ2v) is 4.59. The van der Waals surface area contributed by atoms with Crippen LogP contribution >= 0.6 is 0 Å². The number of nitrogens with one attached hydrogen (secondary N) is 1. The smallest absolute Gasteiger partial charge is 0.0674 e. The summed E-state index contributed by atoms with van der Waals surface area (Å²) in [4.78, 5) is 0. The van der Waals surface area contributed by atoms with Crippen molar-refractivity contribution in [2.75, 3.05) is 7.05 Å². The van der Waals surface area contributed by atoms with Gasteiger partial charge in [0.2, 0.25) is 0 Å². The summed E-state index contributed by atoms with van der Waals surface area (Å²) in [6, 6.07) is 8.72. The lowest BCUT2D eigenvalue weighted by Crippen LogP contribution is -2.04. The standard InChI is InChI=1S/C15H21N3/c1-5-18-12(3)15(11(2)17-18)14-8-6-13(7-9-14)10-16-4/h6-9,16H,5,10H2,1-4H3. The van der Waals surface area contributed by atoms with Gasteiger partial charge in [0.05, 0.1) is 5.69 Å². The van der Waals surface area contributed by atoms with Gasteiger partial charge in [0.15, 0.2) is 0 Å². The van der Waals surface area contributed by atoms with Gasteiger partial charge in [0, 0.05) is 24.3 Å². The summed E-state index contributed by atoms with van der Waals surface area (Å²) in [5.74, 6) is 0. The Morgan fingerprint density at radius 1 is 1.17 bits per heavy atom. The van der Waals surface area contributed by atoms with Crippen LogP contribution in [-0.2, 0) is 13.1 Å². The van der Waals surface area contributed by atoms with E-state index in [1.54, 1.807) is 0 Å². The second-order valence-electron chi connectivity index (χ2n) is 4.59. The van der Waals surface area contributed by atoms with E-state index in [4.69, 9.17) is 0 Å². The summed E-state index contributed by atoms with van der Waals surface area (Å²) >= 11 is 0. The van der Waals surface area contributed by atoms with Crippen LogP contribution in [0.1, 0.15) is 23.9 Å². The van der Waals surface area contributed by atoms with Crippen LogP contribution in [0.5, 0.6) is 0 Å². The third kappa shape index (κ3) is 2.31. The van der Waals surface area contributed by atoms with Crippen LogP contribution in [0.3, 0.4) is 0 Å². The first-order valence-electron chi connectivity index (χ1n) is 6.45. The summed E-state index contributed by atoms with van der Waals surface area (Å²) in [5, 5.41) is 7.73. The lowest BCUT2D eigenvalue weighted by atomic mass is 10.0. The Balaban J connectivity index is 2.39. The maximum atomic E-state index is 4.57. The van der Waals surface area contributed by atoms with Gasteiger partial charge in [0.25, 0.3) is 0 Å². The number of hydrogen-bond donors (Lipinski definition) is 1. The fraction of sp³-hybridized carbons (Fsp3) is 0.400. The van der Waals surface area contributed by atoms with E-state index < -0.39 is 0 Å². The predicted octanol–water partition coefficient (Wildman–Crippen LogP) is 2.91. The molecule has 0 saturated heterocycles. The third-order valence-electron chi connectivity index (χ3n) is 3.30. The van der Waals surface area contributed by atoms with E-state index in [0.717, 1.165) is 18.8 Å². The highest BCUT2D eigenvalue weighted by Crippen LogP contribution is 2.27. The Labute approximate surface area is 109 Å². The first-order chi connectivity index (χ1) is 8.67. The van der Waals surface area contributed by atoms with Crippen molar-refractivity contribution in [3.8, 4) is 11.1 Å². The van der Waals surface area contributed by atoms with E-state index >= 15 is 0 Å². The summed E-state index contributed by atoms with van der Waals surface area (Å²) in [5.41, 5.74) is 6.18. The van der Waals surface area contributed by atoms with E-state index in [1.165, 1.54) is 22.4 Å². The van der Waals surface area contributed by atoms with Crippen LogP contribution in [-0.4, -0.2) is 16.8 Å². The molecule has 96 valence electrons. The Hall–Kier alpha value is -1.61. The molecule has 0 amide bonds. The van der Waals surface area contributed by atoms with E-state index in [0.29, 0.717) is 0 Å². The topological polar surface area (TPSA) is 29.9 Å². The third-order valence-corrected chi connectivity index (χ3v) is 3.30. The highest BCUT2D eigenvalue weighted by molar-refractivity contribution is 5.68. The molecule has 0 atom stereocenters. The van der Waals surface area contributed by atoms with E-state index in [2.05, 4.69) is 60.1 Å². The van der Waals surface area contributed by atoms with Crippen LogP contribution in [0.2, 0.25) is 0 Å². The van der Waals surface area contributed by atoms with Gasteiger partial charge in [-0.3, -0.25) is 4.68 Å². The van der Waals surface area contributed by atoms with Crippen molar-refractivity contribution in [3.05, 3.63) is 41.2 Å². The molecule has 0 fully saturated rings. The molecule has 0 spiro atoms. The number of rotatable bonds is 4. The quantitative estimate of drug-likeness (QED) is 0.895. The number of aryl methyl sites for hydroxylation is 2. The lowest BCUT2D eigenvalue weighted by Gasteiger charge is -2.05. The van der Waals surface area contributed by atoms with Gasteiger partial charge >= 0.3 is 0 Å². The molecule has 0 saturated carbocycles. The highest BCUT2D eigenvalue weighted by atomic mass is 15.3. The minimum absolute atomic E-state index is 0.909. The number of hydrogen-bond acceptors (Lipinski definition) is 2. The molecule has 0 aliphatic heterocycles. The van der Waals surface area contributed by atoms with E-state index in [9.17, 15) is 0 Å². The van der Waals surface area contributed by atoms with Crippen LogP contribution in [0.4, 0.5) is 0 Å². The molecule has 0 aliphatic carbocycles. The van der Waals surface area contributed by atoms with Gasteiger partial charge in [0.1, 0.15) is 0 Å². The Kier molecular flexibility index (Phi) is 3.82. The van der Waals surface area contributed by atoms with Crippen molar-refractivity contribution in [2.24, 2.45) is 0 Å². The van der Waals surface area contributed by atoms with Crippen molar-refractivity contribution in [2.45, 2.75) is 33.9 Å². The van der Waals surface area contributed by atoms with E-state index in [-0.39, 0.29) is 0 Å². The van der Waals surface area contributed by atoms with Crippen LogP contribution in [0, 0.1) is 13.8 Å². The zero-order valence-corrected chi connectivity index (χ0v) is 11.6. The molecular formula is C15H21N3. The maximum Gasteiger partial charge on any atom is 0.0674 e. The van der Waals surface area contributed by atoms with Crippen LogP contribution in [0.15, 0.2) is 24.3 Å². The second kappa shape index (κ2) is 5.36. The first-order valence-corrected chi connectivity index (χ1v) is 6.45. The van der Waals surface area contributed by atoms with Crippen molar-refractivity contribution < 1.29 is 0 Å². The van der Waals surface area contributed by atoms with Gasteiger partial charge in [-0.1, -0.05) is 24.3 Å². The molecule has 1 aromatic carbocycles. The highest BCUT2D eigenvalue weighted by Gasteiger charge is 2.12. The van der Waals surface area contributed by atoms with E-state index in [1.807, 2.05) is 7.05 Å². The summed E-state index contributed by atoms with van der Waals surface area (Å²) in [6.45, 7) is 8.17.